The molecule has 0 spiro atoms. The Morgan fingerprint density at radius 1 is 0.974 bits per heavy atom. The Morgan fingerprint density at radius 2 is 1.62 bits per heavy atom. The molecule has 2 amide bonds. The summed E-state index contributed by atoms with van der Waals surface area (Å²) in [6, 6.07) is 2.25. The molecule has 0 heterocycles. The molecule has 0 saturated heterocycles. The molecule has 2 N–H and O–H groups in total. The van der Waals surface area contributed by atoms with Gasteiger partial charge in [-0.3, -0.25) is 14.4 Å². The third-order valence-electron chi connectivity index (χ3n) is 8.42. The Morgan fingerprint density at radius 3 is 2.18 bits per heavy atom. The molecule has 2 aliphatic rings. The highest BCUT2D eigenvalue weighted by Crippen LogP contribution is 2.39. The fraction of sp³-hybridized carbons (Fsp3) is 0.700. The molecule has 8 nitrogen and oxygen atoms in total. The first-order chi connectivity index (χ1) is 18.4. The zero-order valence-corrected chi connectivity index (χ0v) is 24.4. The summed E-state index contributed by atoms with van der Waals surface area (Å²) < 4.78 is 31.1. The summed E-state index contributed by atoms with van der Waals surface area (Å²) in [6.45, 7) is 10.2. The Labute approximate surface area is 231 Å². The first kappa shape index (κ1) is 30.7. The van der Waals surface area contributed by atoms with Crippen LogP contribution in [0.1, 0.15) is 89.9 Å². The lowest BCUT2D eigenvalue weighted by atomic mass is 9.75. The van der Waals surface area contributed by atoms with E-state index in [2.05, 4.69) is 38.3 Å². The van der Waals surface area contributed by atoms with E-state index < -0.39 is 17.1 Å². The van der Waals surface area contributed by atoms with Crippen molar-refractivity contribution < 1.29 is 33.0 Å². The highest BCUT2D eigenvalue weighted by Gasteiger charge is 2.40. The molecule has 2 saturated carbocycles. The summed E-state index contributed by atoms with van der Waals surface area (Å²) in [5, 5.41) is 6.19. The van der Waals surface area contributed by atoms with Gasteiger partial charge in [-0.1, -0.05) is 34.1 Å². The molecule has 218 valence electrons. The van der Waals surface area contributed by atoms with Gasteiger partial charge in [0, 0.05) is 18.2 Å². The molecule has 0 radical (unpaired) electrons. The predicted octanol–water partition coefficient (Wildman–Crippen LogP) is 5.03. The topological polar surface area (TPSA) is 103 Å². The maximum Gasteiger partial charge on any atom is 0.311 e. The van der Waals surface area contributed by atoms with E-state index in [4.69, 9.17) is 14.2 Å². The van der Waals surface area contributed by atoms with Crippen molar-refractivity contribution in [3.05, 3.63) is 23.5 Å². The highest BCUT2D eigenvalue weighted by molar-refractivity contribution is 5.98. The fourth-order valence-electron chi connectivity index (χ4n) is 6.02. The van der Waals surface area contributed by atoms with Crippen LogP contribution < -0.4 is 20.1 Å². The number of methoxy groups -OCH3 is 2. The SMILES string of the molecule is COC(=O)C1(C)CCC(Oc2cc(C(=O)N[C@@H]3CCC[C@@H]3C(=O)NC(C(C)C)C(C)C)c(OC)cc2F)CC1. The normalized spacial score (nSPS) is 25.1. The summed E-state index contributed by atoms with van der Waals surface area (Å²) >= 11 is 0. The number of benzene rings is 1. The number of nitrogens with one attached hydrogen (secondary N) is 2. The zero-order chi connectivity index (χ0) is 28.9. The maximum absolute atomic E-state index is 14.9. The molecule has 0 aromatic heterocycles. The van der Waals surface area contributed by atoms with Crippen molar-refractivity contribution in [2.45, 2.75) is 97.8 Å². The van der Waals surface area contributed by atoms with Gasteiger partial charge in [-0.05, 0) is 63.4 Å². The van der Waals surface area contributed by atoms with Crippen molar-refractivity contribution in [3.63, 3.8) is 0 Å². The first-order valence-electron chi connectivity index (χ1n) is 14.1. The number of ether oxygens (including phenoxy) is 3. The van der Waals surface area contributed by atoms with E-state index in [-0.39, 0.29) is 53.0 Å². The van der Waals surface area contributed by atoms with Gasteiger partial charge in [0.05, 0.1) is 37.2 Å². The van der Waals surface area contributed by atoms with Crippen molar-refractivity contribution in [2.24, 2.45) is 23.2 Å². The van der Waals surface area contributed by atoms with E-state index in [1.165, 1.54) is 20.3 Å². The molecule has 0 bridgehead atoms. The van der Waals surface area contributed by atoms with Gasteiger partial charge in [0.25, 0.3) is 5.91 Å². The number of amides is 2. The van der Waals surface area contributed by atoms with Gasteiger partial charge in [0.15, 0.2) is 11.6 Å². The average molecular weight is 549 g/mol. The van der Waals surface area contributed by atoms with Crippen molar-refractivity contribution in [2.75, 3.05) is 14.2 Å². The Hall–Kier alpha value is -2.84. The van der Waals surface area contributed by atoms with Crippen LogP contribution in [0.5, 0.6) is 11.5 Å². The molecule has 2 fully saturated rings. The molecule has 1 aromatic rings. The van der Waals surface area contributed by atoms with Crippen LogP contribution >= 0.6 is 0 Å². The summed E-state index contributed by atoms with van der Waals surface area (Å²) in [5.74, 6) is -1.04. The monoisotopic (exact) mass is 548 g/mol. The number of esters is 1. The lowest BCUT2D eigenvalue weighted by Gasteiger charge is -2.35. The smallest absolute Gasteiger partial charge is 0.311 e. The van der Waals surface area contributed by atoms with Gasteiger partial charge in [0.2, 0.25) is 5.91 Å². The maximum atomic E-state index is 14.9. The van der Waals surface area contributed by atoms with Gasteiger partial charge >= 0.3 is 5.97 Å². The third-order valence-corrected chi connectivity index (χ3v) is 8.42. The van der Waals surface area contributed by atoms with Crippen LogP contribution in [0, 0.1) is 29.0 Å². The number of halogens is 1. The number of rotatable bonds is 10. The summed E-state index contributed by atoms with van der Waals surface area (Å²) in [5.41, 5.74) is -0.426. The Balaban J connectivity index is 1.71. The van der Waals surface area contributed by atoms with E-state index in [1.54, 1.807) is 0 Å². The zero-order valence-electron chi connectivity index (χ0n) is 24.4. The van der Waals surface area contributed by atoms with Gasteiger partial charge in [-0.25, -0.2) is 4.39 Å². The van der Waals surface area contributed by atoms with Crippen LogP contribution in [0.2, 0.25) is 0 Å². The molecule has 2 aliphatic carbocycles. The molecule has 39 heavy (non-hydrogen) atoms. The van der Waals surface area contributed by atoms with Crippen molar-refractivity contribution in [3.8, 4) is 11.5 Å². The molecule has 2 atom stereocenters. The van der Waals surface area contributed by atoms with Gasteiger partial charge in [-0.2, -0.15) is 0 Å². The molecule has 0 aliphatic heterocycles. The van der Waals surface area contributed by atoms with Gasteiger partial charge < -0.3 is 24.8 Å². The van der Waals surface area contributed by atoms with E-state index in [1.807, 2.05) is 6.92 Å². The van der Waals surface area contributed by atoms with E-state index >= 15 is 0 Å². The second-order valence-electron chi connectivity index (χ2n) is 12.0. The van der Waals surface area contributed by atoms with Crippen LogP contribution in [0.4, 0.5) is 4.39 Å². The lowest BCUT2D eigenvalue weighted by molar-refractivity contribution is -0.154. The van der Waals surface area contributed by atoms with Crippen LogP contribution in [0.15, 0.2) is 12.1 Å². The average Bonchev–Trinajstić information content (AvgIpc) is 3.36. The van der Waals surface area contributed by atoms with Crippen LogP contribution in [-0.4, -0.2) is 50.2 Å². The quantitative estimate of drug-likeness (QED) is 0.398. The Bertz CT molecular complexity index is 1030. The van der Waals surface area contributed by atoms with Crippen LogP contribution in [0.25, 0.3) is 0 Å². The first-order valence-corrected chi connectivity index (χ1v) is 14.1. The number of hydrogen-bond donors (Lipinski definition) is 2. The van der Waals surface area contributed by atoms with Crippen LogP contribution in [0.3, 0.4) is 0 Å². The van der Waals surface area contributed by atoms with Crippen molar-refractivity contribution in [1.82, 2.24) is 10.6 Å². The molecule has 3 rings (SSSR count). The van der Waals surface area contributed by atoms with E-state index in [0.29, 0.717) is 50.4 Å². The number of hydrogen-bond acceptors (Lipinski definition) is 6. The van der Waals surface area contributed by atoms with Gasteiger partial charge in [-0.15, -0.1) is 0 Å². The number of carbonyl (C=O) groups is 3. The minimum absolute atomic E-state index is 0.0370. The van der Waals surface area contributed by atoms with Crippen LogP contribution in [-0.2, 0) is 14.3 Å². The standard InChI is InChI=1S/C30H45FN2O6/c1-17(2)26(18(3)4)33-27(34)20-9-8-10-23(20)32-28(35)21-15-25(22(31)16-24(21)37-6)39-19-11-13-30(5,14-12-19)29(36)38-7/h15-20,23,26H,8-14H2,1-7H3,(H,32,35)(H,33,34)/t19?,20-,23+,30?/m0/s1. The largest absolute Gasteiger partial charge is 0.496 e. The second-order valence-corrected chi connectivity index (χ2v) is 12.0. The Kier molecular flexibility index (Phi) is 10.2. The highest BCUT2D eigenvalue weighted by atomic mass is 19.1. The minimum atomic E-state index is -0.628. The molecule has 1 aromatic carbocycles. The molecule has 0 unspecified atom stereocenters. The van der Waals surface area contributed by atoms with E-state index in [9.17, 15) is 18.8 Å². The van der Waals surface area contributed by atoms with Crippen molar-refractivity contribution in [1.29, 1.82) is 0 Å². The fourth-order valence-corrected chi connectivity index (χ4v) is 6.02. The summed E-state index contributed by atoms with van der Waals surface area (Å²) in [6.07, 6.45) is 4.17. The molecular formula is C30H45FN2O6. The lowest BCUT2D eigenvalue weighted by Crippen LogP contribution is -2.49. The summed E-state index contributed by atoms with van der Waals surface area (Å²) in [7, 11) is 2.76. The summed E-state index contributed by atoms with van der Waals surface area (Å²) in [4.78, 5) is 38.7. The molecule has 9 heteroatoms. The number of carbonyl (C=O) groups excluding carboxylic acids is 3. The van der Waals surface area contributed by atoms with Gasteiger partial charge in [0.1, 0.15) is 5.75 Å². The second kappa shape index (κ2) is 13.0. The van der Waals surface area contributed by atoms with E-state index in [0.717, 1.165) is 12.5 Å². The van der Waals surface area contributed by atoms with Crippen molar-refractivity contribution >= 4 is 17.8 Å². The third kappa shape index (κ3) is 7.22. The predicted molar refractivity (Wildman–Crippen MR) is 146 cm³/mol. The molecular weight excluding hydrogens is 503 g/mol. The minimum Gasteiger partial charge on any atom is -0.496 e.